The summed E-state index contributed by atoms with van der Waals surface area (Å²) in [5.41, 5.74) is 0.811. The third-order valence-electron chi connectivity index (χ3n) is 2.25. The molecule has 0 aromatic heterocycles. The zero-order chi connectivity index (χ0) is 10.9. The van der Waals surface area contributed by atoms with Gasteiger partial charge in [-0.1, -0.05) is 30.3 Å². The Balaban J connectivity index is 2.41. The topological polar surface area (TPSA) is 51.2 Å². The highest BCUT2D eigenvalue weighted by Gasteiger charge is 2.31. The molecule has 2 rings (SSSR count). The molecule has 0 radical (unpaired) electrons. The molecule has 0 saturated carbocycles. The largest absolute Gasteiger partial charge is 0.298 e. The fourth-order valence-electron chi connectivity index (χ4n) is 1.54. The molecule has 1 aliphatic rings. The molecule has 78 valence electrons. The first kappa shape index (κ1) is 10.1. The number of Topliss-reactive ketones (excluding diaryl/α,β-unsaturated/α-hetero) is 1. The molecule has 0 atom stereocenters. The number of allylic oxidation sites excluding steroid dienone is 1. The van der Waals surface area contributed by atoms with Gasteiger partial charge in [0, 0.05) is 6.42 Å². The van der Waals surface area contributed by atoms with E-state index >= 15 is 0 Å². The fourth-order valence-corrected chi connectivity index (χ4v) is 2.94. The first-order valence-corrected chi connectivity index (χ1v) is 6.23. The standard InChI is InChI=1S/C11H10O3S/c12-10-7-11(15(13,14)8-10)6-9-4-2-1-3-5-9/h1-6H,7-8H2/b11-6-. The molecule has 0 aliphatic carbocycles. The molecule has 0 unspecified atom stereocenters. The van der Waals surface area contributed by atoms with Crippen LogP contribution in [0.25, 0.3) is 6.08 Å². The molecule has 0 bridgehead atoms. The minimum Gasteiger partial charge on any atom is -0.298 e. The van der Waals surface area contributed by atoms with Crippen molar-refractivity contribution < 1.29 is 13.2 Å². The van der Waals surface area contributed by atoms with E-state index in [9.17, 15) is 13.2 Å². The van der Waals surface area contributed by atoms with Crippen molar-refractivity contribution >= 4 is 21.7 Å². The third kappa shape index (κ3) is 2.15. The first-order chi connectivity index (χ1) is 7.08. The molecular formula is C11H10O3S. The lowest BCUT2D eigenvalue weighted by Gasteiger charge is -1.96. The molecule has 1 saturated heterocycles. The average Bonchev–Trinajstić information content (AvgIpc) is 2.41. The second-order valence-corrected chi connectivity index (χ2v) is 5.54. The van der Waals surface area contributed by atoms with Crippen molar-refractivity contribution in [2.45, 2.75) is 6.42 Å². The Morgan fingerprint density at radius 1 is 1.13 bits per heavy atom. The Bertz CT molecular complexity index is 512. The predicted octanol–water partition coefficient (Wildman–Crippen LogP) is 1.42. The maximum absolute atomic E-state index is 11.5. The van der Waals surface area contributed by atoms with Gasteiger partial charge >= 0.3 is 0 Å². The van der Waals surface area contributed by atoms with Crippen LogP contribution in [-0.2, 0) is 14.6 Å². The zero-order valence-corrected chi connectivity index (χ0v) is 8.83. The molecule has 0 amide bonds. The van der Waals surface area contributed by atoms with E-state index in [1.165, 1.54) is 0 Å². The molecule has 1 fully saturated rings. The van der Waals surface area contributed by atoms with Gasteiger partial charge in [0.2, 0.25) is 0 Å². The smallest absolute Gasteiger partial charge is 0.182 e. The van der Waals surface area contributed by atoms with Crippen LogP contribution in [0.3, 0.4) is 0 Å². The summed E-state index contributed by atoms with van der Waals surface area (Å²) in [6.07, 6.45) is 1.61. The number of carbonyl (C=O) groups excluding carboxylic acids is 1. The molecule has 0 spiro atoms. The van der Waals surface area contributed by atoms with Crippen LogP contribution in [0, 0.1) is 0 Å². The molecular weight excluding hydrogens is 212 g/mol. The van der Waals surface area contributed by atoms with Gasteiger partial charge in [-0.2, -0.15) is 0 Å². The van der Waals surface area contributed by atoms with Crippen LogP contribution in [0.4, 0.5) is 0 Å². The number of ketones is 1. The minimum absolute atomic E-state index is 0.0389. The van der Waals surface area contributed by atoms with E-state index in [0.29, 0.717) is 0 Å². The van der Waals surface area contributed by atoms with Gasteiger partial charge in [0.15, 0.2) is 15.6 Å². The lowest BCUT2D eigenvalue weighted by Crippen LogP contribution is -2.02. The summed E-state index contributed by atoms with van der Waals surface area (Å²) >= 11 is 0. The van der Waals surface area contributed by atoms with E-state index in [-0.39, 0.29) is 22.9 Å². The van der Waals surface area contributed by atoms with Crippen molar-refractivity contribution in [3.05, 3.63) is 40.8 Å². The van der Waals surface area contributed by atoms with Crippen LogP contribution in [0.15, 0.2) is 35.2 Å². The summed E-state index contributed by atoms with van der Waals surface area (Å²) in [7, 11) is -3.32. The van der Waals surface area contributed by atoms with E-state index in [1.54, 1.807) is 6.08 Å². The van der Waals surface area contributed by atoms with Crippen LogP contribution in [0.5, 0.6) is 0 Å². The molecule has 1 aromatic rings. The molecule has 4 heteroatoms. The van der Waals surface area contributed by atoms with E-state index in [1.807, 2.05) is 30.3 Å². The Labute approximate surface area is 88.3 Å². The molecule has 1 heterocycles. The van der Waals surface area contributed by atoms with Crippen LogP contribution in [0.1, 0.15) is 12.0 Å². The monoisotopic (exact) mass is 222 g/mol. The van der Waals surface area contributed by atoms with Crippen molar-refractivity contribution in [3.8, 4) is 0 Å². The minimum atomic E-state index is -3.32. The maximum Gasteiger partial charge on any atom is 0.182 e. The van der Waals surface area contributed by atoms with Gasteiger partial charge in [-0.25, -0.2) is 8.42 Å². The van der Waals surface area contributed by atoms with E-state index < -0.39 is 9.84 Å². The first-order valence-electron chi connectivity index (χ1n) is 4.58. The molecule has 1 aromatic carbocycles. The number of carbonyl (C=O) groups is 1. The average molecular weight is 222 g/mol. The van der Waals surface area contributed by atoms with Gasteiger partial charge < -0.3 is 0 Å². The molecule has 1 aliphatic heterocycles. The van der Waals surface area contributed by atoms with Crippen LogP contribution in [-0.4, -0.2) is 20.0 Å². The fraction of sp³-hybridized carbons (Fsp3) is 0.182. The number of benzene rings is 1. The van der Waals surface area contributed by atoms with Gasteiger partial charge in [0.1, 0.15) is 5.75 Å². The number of rotatable bonds is 1. The lowest BCUT2D eigenvalue weighted by molar-refractivity contribution is -0.115. The van der Waals surface area contributed by atoms with Crippen LogP contribution in [0.2, 0.25) is 0 Å². The highest BCUT2D eigenvalue weighted by Crippen LogP contribution is 2.23. The highest BCUT2D eigenvalue weighted by molar-refractivity contribution is 7.96. The van der Waals surface area contributed by atoms with E-state index in [2.05, 4.69) is 0 Å². The third-order valence-corrected chi connectivity index (χ3v) is 4.01. The van der Waals surface area contributed by atoms with Gasteiger partial charge in [0.25, 0.3) is 0 Å². The zero-order valence-electron chi connectivity index (χ0n) is 8.01. The van der Waals surface area contributed by atoms with E-state index in [0.717, 1.165) is 5.56 Å². The summed E-state index contributed by atoms with van der Waals surface area (Å²) in [6, 6.07) is 9.14. The highest BCUT2D eigenvalue weighted by atomic mass is 32.2. The summed E-state index contributed by atoms with van der Waals surface area (Å²) in [5.74, 6) is -0.566. The molecule has 3 nitrogen and oxygen atoms in total. The Morgan fingerprint density at radius 2 is 1.80 bits per heavy atom. The summed E-state index contributed by atoms with van der Waals surface area (Å²) < 4.78 is 23.0. The Kier molecular flexibility index (Phi) is 2.44. The molecule has 15 heavy (non-hydrogen) atoms. The second-order valence-electron chi connectivity index (χ2n) is 3.50. The number of hydrogen-bond donors (Lipinski definition) is 0. The second kappa shape index (κ2) is 3.62. The number of hydrogen-bond acceptors (Lipinski definition) is 3. The lowest BCUT2D eigenvalue weighted by atomic mass is 10.2. The summed E-state index contributed by atoms with van der Waals surface area (Å²) in [6.45, 7) is 0. The van der Waals surface area contributed by atoms with E-state index in [4.69, 9.17) is 0 Å². The van der Waals surface area contributed by atoms with Gasteiger partial charge in [-0.15, -0.1) is 0 Å². The maximum atomic E-state index is 11.5. The van der Waals surface area contributed by atoms with Gasteiger partial charge in [0.05, 0.1) is 4.91 Å². The Hall–Kier alpha value is -1.42. The van der Waals surface area contributed by atoms with Crippen molar-refractivity contribution in [3.63, 3.8) is 0 Å². The van der Waals surface area contributed by atoms with Crippen molar-refractivity contribution in [1.29, 1.82) is 0 Å². The van der Waals surface area contributed by atoms with Crippen molar-refractivity contribution in [1.82, 2.24) is 0 Å². The quantitative estimate of drug-likeness (QED) is 0.722. The van der Waals surface area contributed by atoms with Crippen LogP contribution < -0.4 is 0 Å². The normalized spacial score (nSPS) is 22.1. The Morgan fingerprint density at radius 3 is 2.33 bits per heavy atom. The van der Waals surface area contributed by atoms with Crippen LogP contribution >= 0.6 is 0 Å². The van der Waals surface area contributed by atoms with Crippen molar-refractivity contribution in [2.24, 2.45) is 0 Å². The summed E-state index contributed by atoms with van der Waals surface area (Å²) in [5, 5.41) is 0. The molecule has 0 N–H and O–H groups in total. The predicted molar refractivity (Wildman–Crippen MR) is 57.8 cm³/mol. The van der Waals surface area contributed by atoms with Gasteiger partial charge in [-0.3, -0.25) is 4.79 Å². The SMILES string of the molecule is O=C1C/C(=C/c2ccccc2)S(=O)(=O)C1. The number of sulfone groups is 1. The summed E-state index contributed by atoms with van der Waals surface area (Å²) in [4.78, 5) is 11.3. The van der Waals surface area contributed by atoms with Crippen molar-refractivity contribution in [2.75, 3.05) is 5.75 Å². The van der Waals surface area contributed by atoms with Gasteiger partial charge in [-0.05, 0) is 11.6 Å².